The number of nitrogens with one attached hydrogen (secondary N) is 2. The van der Waals surface area contributed by atoms with Gasteiger partial charge in [-0.3, -0.25) is 0 Å². The van der Waals surface area contributed by atoms with Crippen LogP contribution in [0.15, 0.2) is 24.4 Å². The van der Waals surface area contributed by atoms with Gasteiger partial charge in [-0.1, -0.05) is 29.3 Å². The van der Waals surface area contributed by atoms with Crippen molar-refractivity contribution in [2.75, 3.05) is 49.5 Å². The summed E-state index contributed by atoms with van der Waals surface area (Å²) in [7, 11) is 0. The van der Waals surface area contributed by atoms with Crippen LogP contribution in [-0.4, -0.2) is 65.0 Å². The van der Waals surface area contributed by atoms with Crippen molar-refractivity contribution in [3.05, 3.63) is 45.6 Å². The SMILES string of the molecule is CC(=N)c1cnc(N2CC(C3CCCN(CCO)C3)C2)nc1NC(C)c1ccc(Cl)cc1Cl. The van der Waals surface area contributed by atoms with Gasteiger partial charge in [-0.05, 0) is 62.8 Å². The first-order chi connectivity index (χ1) is 15.9. The Morgan fingerprint density at radius 3 is 2.76 bits per heavy atom. The zero-order chi connectivity index (χ0) is 23.5. The van der Waals surface area contributed by atoms with E-state index in [9.17, 15) is 5.11 Å². The summed E-state index contributed by atoms with van der Waals surface area (Å²) in [6, 6.07) is 5.35. The van der Waals surface area contributed by atoms with Crippen LogP contribution in [0.25, 0.3) is 0 Å². The van der Waals surface area contributed by atoms with Gasteiger partial charge in [0.25, 0.3) is 0 Å². The lowest BCUT2D eigenvalue weighted by molar-refractivity contribution is 0.101. The molecule has 0 aliphatic carbocycles. The molecule has 7 nitrogen and oxygen atoms in total. The van der Waals surface area contributed by atoms with Gasteiger partial charge in [-0.15, -0.1) is 0 Å². The number of rotatable bonds is 8. The Labute approximate surface area is 205 Å². The van der Waals surface area contributed by atoms with Crippen molar-refractivity contribution in [1.82, 2.24) is 14.9 Å². The summed E-state index contributed by atoms with van der Waals surface area (Å²) in [6.45, 7) is 8.79. The Hall–Kier alpha value is -1.93. The van der Waals surface area contributed by atoms with Gasteiger partial charge in [-0.25, -0.2) is 4.98 Å². The molecule has 4 rings (SSSR count). The predicted octanol–water partition coefficient (Wildman–Crippen LogP) is 4.48. The fourth-order valence-electron chi connectivity index (χ4n) is 4.84. The van der Waals surface area contributed by atoms with E-state index in [0.29, 0.717) is 44.9 Å². The third kappa shape index (κ3) is 5.60. The van der Waals surface area contributed by atoms with Crippen LogP contribution in [0.5, 0.6) is 0 Å². The number of nitrogens with zero attached hydrogens (tertiary/aromatic N) is 4. The molecule has 1 aromatic carbocycles. The Balaban J connectivity index is 1.45. The van der Waals surface area contributed by atoms with Gasteiger partial charge < -0.3 is 25.6 Å². The average molecular weight is 491 g/mol. The number of β-amino-alcohol motifs (C(OH)–C–C–N with tert-alkyl or cyclic N) is 1. The molecule has 2 aliphatic heterocycles. The van der Waals surface area contributed by atoms with Crippen LogP contribution in [0.2, 0.25) is 10.0 Å². The summed E-state index contributed by atoms with van der Waals surface area (Å²) in [6.07, 6.45) is 4.18. The van der Waals surface area contributed by atoms with Gasteiger partial charge in [0.2, 0.25) is 5.95 Å². The summed E-state index contributed by atoms with van der Waals surface area (Å²) in [5.41, 5.74) is 2.01. The largest absolute Gasteiger partial charge is 0.395 e. The third-order valence-corrected chi connectivity index (χ3v) is 7.34. The highest BCUT2D eigenvalue weighted by Gasteiger charge is 2.37. The van der Waals surface area contributed by atoms with Crippen LogP contribution in [-0.2, 0) is 0 Å². The quantitative estimate of drug-likeness (QED) is 0.472. The molecule has 33 heavy (non-hydrogen) atoms. The number of piperidine rings is 1. The summed E-state index contributed by atoms with van der Waals surface area (Å²) in [5, 5.41) is 22.0. The molecule has 2 atom stereocenters. The highest BCUT2D eigenvalue weighted by Crippen LogP contribution is 2.34. The first-order valence-electron chi connectivity index (χ1n) is 11.6. The molecule has 2 aromatic rings. The molecule has 178 valence electrons. The molecule has 2 saturated heterocycles. The maximum Gasteiger partial charge on any atom is 0.227 e. The van der Waals surface area contributed by atoms with Crippen LogP contribution in [0.3, 0.4) is 0 Å². The molecular formula is C24H32Cl2N6O. The average Bonchev–Trinajstić information content (AvgIpc) is 2.73. The number of halogens is 2. The molecule has 2 aliphatic rings. The minimum atomic E-state index is -0.112. The van der Waals surface area contributed by atoms with Gasteiger partial charge in [0.1, 0.15) is 5.82 Å². The Bertz CT molecular complexity index is 995. The summed E-state index contributed by atoms with van der Waals surface area (Å²) < 4.78 is 0. The number of likely N-dealkylation sites (tertiary alicyclic amines) is 1. The second-order valence-electron chi connectivity index (χ2n) is 9.18. The van der Waals surface area contributed by atoms with Gasteiger partial charge in [0.05, 0.1) is 18.2 Å². The van der Waals surface area contributed by atoms with E-state index in [1.807, 2.05) is 19.1 Å². The first kappa shape index (κ1) is 24.2. The van der Waals surface area contributed by atoms with E-state index in [2.05, 4.69) is 20.1 Å². The van der Waals surface area contributed by atoms with E-state index in [1.54, 1.807) is 19.2 Å². The molecule has 0 saturated carbocycles. The molecule has 2 unspecified atom stereocenters. The molecule has 0 amide bonds. The molecule has 1 aromatic heterocycles. The van der Waals surface area contributed by atoms with Crippen molar-refractivity contribution >= 4 is 40.7 Å². The molecule has 0 bridgehead atoms. The van der Waals surface area contributed by atoms with E-state index >= 15 is 0 Å². The molecule has 9 heteroatoms. The van der Waals surface area contributed by atoms with E-state index in [4.69, 9.17) is 33.6 Å². The molecular weight excluding hydrogens is 459 g/mol. The maximum atomic E-state index is 9.25. The van der Waals surface area contributed by atoms with Crippen molar-refractivity contribution in [2.24, 2.45) is 11.8 Å². The second kappa shape index (κ2) is 10.6. The number of aliphatic hydroxyl groups excluding tert-OH is 1. The lowest BCUT2D eigenvalue weighted by Gasteiger charge is -2.46. The van der Waals surface area contributed by atoms with E-state index in [1.165, 1.54) is 12.8 Å². The highest BCUT2D eigenvalue weighted by atomic mass is 35.5. The number of aliphatic hydroxyl groups is 1. The zero-order valence-corrected chi connectivity index (χ0v) is 20.7. The highest BCUT2D eigenvalue weighted by molar-refractivity contribution is 6.35. The minimum absolute atomic E-state index is 0.112. The Kier molecular flexibility index (Phi) is 7.74. The molecule has 0 spiro atoms. The van der Waals surface area contributed by atoms with E-state index < -0.39 is 0 Å². The first-order valence-corrected chi connectivity index (χ1v) is 12.3. The topological polar surface area (TPSA) is 88.4 Å². The number of benzene rings is 1. The number of anilines is 2. The standard InChI is InChI=1S/C24H32Cl2N6O/c1-15(27)21-11-28-24(30-23(21)29-16(2)20-6-5-19(25)10-22(20)26)32-13-18(14-32)17-4-3-7-31(12-17)8-9-33/h5-6,10-11,16-18,27,33H,3-4,7-9,12-14H2,1-2H3,(H,28,29,30). The van der Waals surface area contributed by atoms with Crippen LogP contribution in [0.1, 0.15) is 43.9 Å². The number of hydrogen-bond acceptors (Lipinski definition) is 7. The monoisotopic (exact) mass is 490 g/mol. The van der Waals surface area contributed by atoms with Crippen molar-refractivity contribution in [3.8, 4) is 0 Å². The van der Waals surface area contributed by atoms with Crippen molar-refractivity contribution in [2.45, 2.75) is 32.7 Å². The predicted molar refractivity (Wildman–Crippen MR) is 135 cm³/mol. The van der Waals surface area contributed by atoms with Gasteiger partial charge in [0, 0.05) is 48.1 Å². The lowest BCUT2D eigenvalue weighted by Crippen LogP contribution is -2.54. The van der Waals surface area contributed by atoms with Crippen LogP contribution >= 0.6 is 23.2 Å². The van der Waals surface area contributed by atoms with Crippen molar-refractivity contribution in [3.63, 3.8) is 0 Å². The lowest BCUT2D eigenvalue weighted by atomic mass is 9.81. The van der Waals surface area contributed by atoms with Gasteiger partial charge in [-0.2, -0.15) is 4.98 Å². The Morgan fingerprint density at radius 1 is 1.27 bits per heavy atom. The number of hydrogen-bond donors (Lipinski definition) is 3. The fraction of sp³-hybridized carbons (Fsp3) is 0.542. The fourth-order valence-corrected chi connectivity index (χ4v) is 5.41. The van der Waals surface area contributed by atoms with Crippen LogP contribution in [0.4, 0.5) is 11.8 Å². The maximum absolute atomic E-state index is 9.25. The zero-order valence-electron chi connectivity index (χ0n) is 19.2. The molecule has 3 N–H and O–H groups in total. The molecule has 0 radical (unpaired) electrons. The number of aromatic nitrogens is 2. The van der Waals surface area contributed by atoms with E-state index in [0.717, 1.165) is 38.3 Å². The summed E-state index contributed by atoms with van der Waals surface area (Å²) in [5.74, 6) is 2.62. The summed E-state index contributed by atoms with van der Waals surface area (Å²) >= 11 is 12.4. The van der Waals surface area contributed by atoms with E-state index in [-0.39, 0.29) is 12.6 Å². The second-order valence-corrected chi connectivity index (χ2v) is 10.0. The van der Waals surface area contributed by atoms with Crippen LogP contribution in [0, 0.1) is 17.2 Å². The molecule has 3 heterocycles. The van der Waals surface area contributed by atoms with Gasteiger partial charge >= 0.3 is 0 Å². The van der Waals surface area contributed by atoms with Crippen molar-refractivity contribution in [1.29, 1.82) is 5.41 Å². The van der Waals surface area contributed by atoms with Gasteiger partial charge in [0.15, 0.2) is 0 Å². The van der Waals surface area contributed by atoms with Crippen LogP contribution < -0.4 is 10.2 Å². The Morgan fingerprint density at radius 2 is 2.06 bits per heavy atom. The molecule has 2 fully saturated rings. The van der Waals surface area contributed by atoms with Crippen molar-refractivity contribution < 1.29 is 5.11 Å². The minimum Gasteiger partial charge on any atom is -0.395 e. The normalized spacial score (nSPS) is 20.4. The third-order valence-electron chi connectivity index (χ3n) is 6.78. The smallest absolute Gasteiger partial charge is 0.227 e. The summed E-state index contributed by atoms with van der Waals surface area (Å²) in [4.78, 5) is 14.0.